The van der Waals surface area contributed by atoms with Crippen molar-refractivity contribution in [2.75, 3.05) is 13.7 Å². The second-order valence-electron chi connectivity index (χ2n) is 12.6. The fraction of sp³-hybridized carbons (Fsp3) is 0.625. The van der Waals surface area contributed by atoms with Crippen molar-refractivity contribution in [3.8, 4) is 0 Å². The van der Waals surface area contributed by atoms with Crippen molar-refractivity contribution in [1.82, 2.24) is 5.32 Å². The van der Waals surface area contributed by atoms with Gasteiger partial charge in [-0.1, -0.05) is 54.9 Å². The van der Waals surface area contributed by atoms with Crippen LogP contribution >= 0.6 is 0 Å². The summed E-state index contributed by atoms with van der Waals surface area (Å²) in [7, 11) is 1.30. The molecule has 0 saturated heterocycles. The highest BCUT2D eigenvalue weighted by Crippen LogP contribution is 2.66. The third kappa shape index (κ3) is 5.05. The number of carbonyl (C=O) groups is 3. The standard InChI is InChI=1S/C32H42N2O5/c1-20(35)25-12-13-26-24-11-10-22-18-23(14-16-31(22,2)27(24)15-17-32(25,26)3)34-39-19-28(36)33-29(30(37)38-4)21-8-6-5-7-9-21/h5-9,18,24-27,29H,10-17,19H2,1-4H3,(H,33,36)/t24-,25-,26+,27+,29+,31-,32+/m0/s1. The Morgan fingerprint density at radius 3 is 2.51 bits per heavy atom. The monoisotopic (exact) mass is 534 g/mol. The van der Waals surface area contributed by atoms with Crippen molar-refractivity contribution in [2.45, 2.75) is 78.2 Å². The molecule has 1 amide bonds. The van der Waals surface area contributed by atoms with Gasteiger partial charge in [-0.25, -0.2) is 4.79 Å². The molecule has 39 heavy (non-hydrogen) atoms. The van der Waals surface area contributed by atoms with E-state index in [1.54, 1.807) is 31.2 Å². The van der Waals surface area contributed by atoms with Crippen molar-refractivity contribution in [3.05, 3.63) is 47.5 Å². The average molecular weight is 535 g/mol. The summed E-state index contributed by atoms with van der Waals surface area (Å²) in [5.41, 5.74) is 3.32. The fourth-order valence-electron chi connectivity index (χ4n) is 8.73. The van der Waals surface area contributed by atoms with Crippen LogP contribution in [0.1, 0.15) is 83.7 Å². The van der Waals surface area contributed by atoms with Gasteiger partial charge in [0.15, 0.2) is 12.6 Å². The molecule has 210 valence electrons. The first-order valence-corrected chi connectivity index (χ1v) is 14.5. The molecule has 0 unspecified atom stereocenters. The van der Waals surface area contributed by atoms with Crippen molar-refractivity contribution in [2.24, 2.45) is 39.7 Å². The van der Waals surface area contributed by atoms with Crippen LogP contribution in [0, 0.1) is 34.5 Å². The van der Waals surface area contributed by atoms with E-state index in [4.69, 9.17) is 9.57 Å². The van der Waals surface area contributed by atoms with E-state index >= 15 is 0 Å². The van der Waals surface area contributed by atoms with Gasteiger partial charge in [-0.05, 0) is 98.5 Å². The number of methoxy groups -OCH3 is 1. The summed E-state index contributed by atoms with van der Waals surface area (Å²) in [6.07, 6.45) is 10.9. The predicted molar refractivity (Wildman–Crippen MR) is 149 cm³/mol. The Labute approximate surface area is 231 Å². The lowest BCUT2D eigenvalue weighted by molar-refractivity contribution is -0.145. The Bertz CT molecular complexity index is 1180. The Morgan fingerprint density at radius 2 is 1.79 bits per heavy atom. The van der Waals surface area contributed by atoms with Crippen LogP contribution in [0.25, 0.3) is 0 Å². The lowest BCUT2D eigenvalue weighted by atomic mass is 9.46. The Balaban J connectivity index is 1.22. The van der Waals surface area contributed by atoms with Gasteiger partial charge >= 0.3 is 5.97 Å². The zero-order valence-electron chi connectivity index (χ0n) is 23.7. The molecule has 7 nitrogen and oxygen atoms in total. The number of fused-ring (bicyclic) bond motifs is 5. The molecule has 1 N–H and O–H groups in total. The molecule has 3 saturated carbocycles. The molecular weight excluding hydrogens is 492 g/mol. The molecule has 0 aromatic heterocycles. The van der Waals surface area contributed by atoms with Crippen LogP contribution in [-0.4, -0.2) is 37.1 Å². The number of amides is 1. The molecule has 0 spiro atoms. The summed E-state index contributed by atoms with van der Waals surface area (Å²) in [5, 5.41) is 7.00. The van der Waals surface area contributed by atoms with E-state index in [1.165, 1.54) is 31.9 Å². The first-order chi connectivity index (χ1) is 18.7. The maximum Gasteiger partial charge on any atom is 0.333 e. The number of esters is 1. The number of Topliss-reactive ketones (excluding diaryl/α,β-unsaturated/α-hetero) is 1. The van der Waals surface area contributed by atoms with Gasteiger partial charge in [0.1, 0.15) is 5.78 Å². The number of rotatable bonds is 7. The van der Waals surface area contributed by atoms with Gasteiger partial charge in [-0.15, -0.1) is 0 Å². The summed E-state index contributed by atoms with van der Waals surface area (Å²) in [6.45, 7) is 6.36. The van der Waals surface area contributed by atoms with Crippen LogP contribution in [0.2, 0.25) is 0 Å². The maximum atomic E-state index is 12.6. The number of oxime groups is 1. The minimum absolute atomic E-state index is 0.165. The molecule has 7 atom stereocenters. The molecule has 3 fully saturated rings. The average Bonchev–Trinajstić information content (AvgIpc) is 3.29. The van der Waals surface area contributed by atoms with E-state index < -0.39 is 17.9 Å². The number of ether oxygens (including phenoxy) is 1. The number of allylic oxidation sites excluding steroid dienone is 2. The number of carbonyl (C=O) groups excluding carboxylic acids is 3. The van der Waals surface area contributed by atoms with E-state index in [0.717, 1.165) is 37.8 Å². The first-order valence-electron chi connectivity index (χ1n) is 14.5. The topological polar surface area (TPSA) is 94.1 Å². The second-order valence-corrected chi connectivity index (χ2v) is 12.6. The lowest BCUT2D eigenvalue weighted by Crippen LogP contribution is -2.51. The smallest absolute Gasteiger partial charge is 0.333 e. The van der Waals surface area contributed by atoms with Gasteiger partial charge in [0.2, 0.25) is 0 Å². The van der Waals surface area contributed by atoms with Crippen LogP contribution < -0.4 is 5.32 Å². The van der Waals surface area contributed by atoms with Crippen LogP contribution in [0.15, 0.2) is 47.1 Å². The fourth-order valence-corrected chi connectivity index (χ4v) is 8.73. The molecule has 1 aromatic carbocycles. The van der Waals surface area contributed by atoms with Crippen molar-refractivity contribution >= 4 is 23.4 Å². The molecule has 0 bridgehead atoms. The van der Waals surface area contributed by atoms with Crippen molar-refractivity contribution < 1.29 is 24.0 Å². The van der Waals surface area contributed by atoms with Gasteiger partial charge < -0.3 is 14.9 Å². The van der Waals surface area contributed by atoms with Gasteiger partial charge in [-0.3, -0.25) is 9.59 Å². The van der Waals surface area contributed by atoms with E-state index in [1.807, 2.05) is 6.07 Å². The second kappa shape index (κ2) is 10.9. The maximum absolute atomic E-state index is 12.6. The van der Waals surface area contributed by atoms with Crippen molar-refractivity contribution in [3.63, 3.8) is 0 Å². The van der Waals surface area contributed by atoms with Gasteiger partial charge in [0.25, 0.3) is 5.91 Å². The summed E-state index contributed by atoms with van der Waals surface area (Å²) in [6, 6.07) is 8.10. The van der Waals surface area contributed by atoms with E-state index in [9.17, 15) is 14.4 Å². The van der Waals surface area contributed by atoms with Crippen LogP contribution in [0.5, 0.6) is 0 Å². The van der Waals surface area contributed by atoms with Crippen LogP contribution in [0.3, 0.4) is 0 Å². The predicted octanol–water partition coefficient (Wildman–Crippen LogP) is 5.56. The molecule has 0 aliphatic heterocycles. The van der Waals surface area contributed by atoms with Gasteiger partial charge in [0.05, 0.1) is 12.8 Å². The first kappa shape index (κ1) is 27.6. The Hall–Kier alpha value is -2.96. The number of nitrogens with zero attached hydrogens (tertiary/aromatic N) is 1. The summed E-state index contributed by atoms with van der Waals surface area (Å²) in [4.78, 5) is 42.6. The van der Waals surface area contributed by atoms with Crippen molar-refractivity contribution in [1.29, 1.82) is 0 Å². The lowest BCUT2D eigenvalue weighted by Gasteiger charge is -2.58. The SMILES string of the molecule is COC(=O)[C@H](NC(=O)CON=C1C=C2CC[C@H]3[C@H]4CC[C@@H](C(C)=O)[C@@]4(C)CC[C@H]3[C@@]2(C)CC1)c1ccccc1. The minimum atomic E-state index is -0.893. The minimum Gasteiger partial charge on any atom is -0.467 e. The largest absolute Gasteiger partial charge is 0.467 e. The zero-order chi connectivity index (χ0) is 27.8. The third-order valence-corrected chi connectivity index (χ3v) is 10.7. The van der Waals surface area contributed by atoms with E-state index in [2.05, 4.69) is 30.4 Å². The van der Waals surface area contributed by atoms with Gasteiger partial charge in [-0.2, -0.15) is 0 Å². The molecule has 1 aromatic rings. The molecule has 7 heteroatoms. The summed E-state index contributed by atoms with van der Waals surface area (Å²) in [5.74, 6) is 1.66. The normalized spacial score (nSPS) is 35.1. The number of ketones is 1. The van der Waals surface area contributed by atoms with Gasteiger partial charge in [0, 0.05) is 5.92 Å². The summed E-state index contributed by atoms with van der Waals surface area (Å²) < 4.78 is 4.86. The molecule has 0 heterocycles. The Kier molecular flexibility index (Phi) is 7.71. The molecular formula is C32H42N2O5. The number of hydrogen-bond donors (Lipinski definition) is 1. The molecule has 4 aliphatic rings. The highest BCUT2D eigenvalue weighted by molar-refractivity contribution is 5.96. The highest BCUT2D eigenvalue weighted by Gasteiger charge is 2.59. The Morgan fingerprint density at radius 1 is 1.03 bits per heavy atom. The number of nitrogens with one attached hydrogen (secondary N) is 1. The molecule has 0 radical (unpaired) electrons. The number of hydrogen-bond acceptors (Lipinski definition) is 6. The highest BCUT2D eigenvalue weighted by atomic mass is 16.6. The van der Waals surface area contributed by atoms with E-state index in [-0.39, 0.29) is 23.4 Å². The third-order valence-electron chi connectivity index (χ3n) is 10.7. The quantitative estimate of drug-likeness (QED) is 0.365. The zero-order valence-corrected chi connectivity index (χ0v) is 23.7. The van der Waals surface area contributed by atoms with Crippen LogP contribution in [-0.2, 0) is 24.0 Å². The van der Waals surface area contributed by atoms with E-state index in [0.29, 0.717) is 29.1 Å². The molecule has 4 aliphatic carbocycles. The molecule has 5 rings (SSSR count). The van der Waals surface area contributed by atoms with Crippen LogP contribution in [0.4, 0.5) is 0 Å². The number of benzene rings is 1. The summed E-state index contributed by atoms with van der Waals surface area (Å²) >= 11 is 0.